The van der Waals surface area contributed by atoms with Crippen LogP contribution in [0.3, 0.4) is 0 Å². The third-order valence-corrected chi connectivity index (χ3v) is 3.42. The molecule has 3 N–H and O–H groups in total. The number of benzene rings is 2. The number of rotatable bonds is 2. The summed E-state index contributed by atoms with van der Waals surface area (Å²) in [5.41, 5.74) is 0.510. The first kappa shape index (κ1) is 15.0. The van der Waals surface area contributed by atoms with Crippen LogP contribution in [0.15, 0.2) is 36.4 Å². The fourth-order valence-electron chi connectivity index (χ4n) is 1.61. The number of amides is 2. The molecule has 0 spiro atoms. The third-order valence-electron chi connectivity index (χ3n) is 2.60. The second kappa shape index (κ2) is 6.35. The smallest absolute Gasteiger partial charge is 0.323 e. The number of anilines is 2. The molecule has 2 aromatic carbocycles. The number of aromatic hydroxyl groups is 1. The van der Waals surface area contributed by atoms with Gasteiger partial charge in [-0.3, -0.25) is 0 Å². The Hall–Kier alpha value is -2.42. The van der Waals surface area contributed by atoms with Crippen LogP contribution in [0.2, 0.25) is 10.0 Å². The maximum Gasteiger partial charge on any atom is 0.323 e. The zero-order valence-corrected chi connectivity index (χ0v) is 12.0. The van der Waals surface area contributed by atoms with E-state index in [-0.39, 0.29) is 22.0 Å². The number of para-hydroxylation sites is 1. The molecule has 0 aliphatic carbocycles. The average Bonchev–Trinajstić information content (AvgIpc) is 2.46. The van der Waals surface area contributed by atoms with Crippen LogP contribution in [0.25, 0.3) is 0 Å². The van der Waals surface area contributed by atoms with Crippen molar-refractivity contribution in [3.05, 3.63) is 52.0 Å². The summed E-state index contributed by atoms with van der Waals surface area (Å²) >= 11 is 11.8. The third kappa shape index (κ3) is 3.37. The first-order valence-electron chi connectivity index (χ1n) is 5.77. The monoisotopic (exact) mass is 321 g/mol. The van der Waals surface area contributed by atoms with Gasteiger partial charge in [0, 0.05) is 0 Å². The topological polar surface area (TPSA) is 85.2 Å². The summed E-state index contributed by atoms with van der Waals surface area (Å²) in [4.78, 5) is 11.9. The molecule has 0 atom stereocenters. The maximum absolute atomic E-state index is 11.9. The first-order valence-corrected chi connectivity index (χ1v) is 6.52. The number of phenols is 1. The highest BCUT2D eigenvalue weighted by Gasteiger charge is 2.11. The molecular formula is C14H9Cl2N3O2. The molecule has 2 amide bonds. The summed E-state index contributed by atoms with van der Waals surface area (Å²) in [6.07, 6.45) is 0. The molecule has 0 saturated heterocycles. The van der Waals surface area contributed by atoms with Crippen LogP contribution in [0, 0.1) is 11.3 Å². The SMILES string of the molecule is N#Cc1cccc(NC(=O)Nc2cccc(Cl)c2Cl)c1O. The molecule has 106 valence electrons. The fourth-order valence-corrected chi connectivity index (χ4v) is 1.96. The molecular weight excluding hydrogens is 313 g/mol. The van der Waals surface area contributed by atoms with Gasteiger partial charge >= 0.3 is 6.03 Å². The minimum Gasteiger partial charge on any atom is -0.504 e. The Kier molecular flexibility index (Phi) is 4.53. The van der Waals surface area contributed by atoms with E-state index in [1.54, 1.807) is 24.3 Å². The molecule has 0 radical (unpaired) electrons. The van der Waals surface area contributed by atoms with Gasteiger partial charge in [-0.2, -0.15) is 5.26 Å². The summed E-state index contributed by atoms with van der Waals surface area (Å²) in [7, 11) is 0. The van der Waals surface area contributed by atoms with Gasteiger partial charge in [-0.25, -0.2) is 4.79 Å². The Morgan fingerprint density at radius 1 is 1.10 bits per heavy atom. The first-order chi connectivity index (χ1) is 10.0. The Morgan fingerprint density at radius 3 is 2.43 bits per heavy atom. The van der Waals surface area contributed by atoms with E-state index in [2.05, 4.69) is 10.6 Å². The van der Waals surface area contributed by atoms with Gasteiger partial charge in [-0.15, -0.1) is 0 Å². The van der Waals surface area contributed by atoms with E-state index in [1.807, 2.05) is 6.07 Å². The standard InChI is InChI=1S/C14H9Cl2N3O2/c15-9-4-2-5-10(12(9)16)18-14(21)19-11-6-1-3-8(7-17)13(11)20/h1-6,20H,(H2,18,19,21). The number of nitrogens with one attached hydrogen (secondary N) is 2. The van der Waals surface area contributed by atoms with Crippen LogP contribution in [-0.4, -0.2) is 11.1 Å². The summed E-state index contributed by atoms with van der Waals surface area (Å²) in [6, 6.07) is 10.5. The number of halogens is 2. The van der Waals surface area contributed by atoms with Crippen LogP contribution in [-0.2, 0) is 0 Å². The van der Waals surface area contributed by atoms with Gasteiger partial charge in [0.25, 0.3) is 0 Å². The summed E-state index contributed by atoms with van der Waals surface area (Å²) in [6.45, 7) is 0. The maximum atomic E-state index is 11.9. The van der Waals surface area contributed by atoms with Gasteiger partial charge in [0.15, 0.2) is 5.75 Å². The molecule has 0 saturated carbocycles. The van der Waals surface area contributed by atoms with Crippen LogP contribution < -0.4 is 10.6 Å². The lowest BCUT2D eigenvalue weighted by Crippen LogP contribution is -2.19. The molecule has 0 unspecified atom stereocenters. The number of hydrogen-bond acceptors (Lipinski definition) is 3. The summed E-state index contributed by atoms with van der Waals surface area (Å²) in [5, 5.41) is 24.1. The predicted molar refractivity (Wildman–Crippen MR) is 81.9 cm³/mol. The number of nitriles is 1. The quantitative estimate of drug-likeness (QED) is 0.724. The lowest BCUT2D eigenvalue weighted by molar-refractivity contribution is 0.262. The molecule has 0 fully saturated rings. The number of nitrogens with zero attached hydrogens (tertiary/aromatic N) is 1. The van der Waals surface area contributed by atoms with E-state index >= 15 is 0 Å². The molecule has 5 nitrogen and oxygen atoms in total. The van der Waals surface area contributed by atoms with Crippen LogP contribution in [0.4, 0.5) is 16.2 Å². The summed E-state index contributed by atoms with van der Waals surface area (Å²) in [5.74, 6) is -0.299. The van der Waals surface area contributed by atoms with Crippen molar-refractivity contribution >= 4 is 40.6 Å². The van der Waals surface area contributed by atoms with E-state index in [0.717, 1.165) is 0 Å². The van der Waals surface area contributed by atoms with Gasteiger partial charge < -0.3 is 15.7 Å². The van der Waals surface area contributed by atoms with E-state index < -0.39 is 6.03 Å². The Balaban J connectivity index is 2.16. The van der Waals surface area contributed by atoms with Crippen LogP contribution in [0.5, 0.6) is 5.75 Å². The number of carbonyl (C=O) groups is 1. The molecule has 0 aromatic heterocycles. The average molecular weight is 322 g/mol. The predicted octanol–water partition coefficient (Wildman–Crippen LogP) is 4.21. The van der Waals surface area contributed by atoms with Crippen LogP contribution >= 0.6 is 23.2 Å². The lowest BCUT2D eigenvalue weighted by Gasteiger charge is -2.11. The molecule has 0 aliphatic heterocycles. The zero-order valence-electron chi connectivity index (χ0n) is 10.5. The fraction of sp³-hybridized carbons (Fsp3) is 0. The molecule has 7 heteroatoms. The molecule has 2 rings (SSSR count). The van der Waals surface area contributed by atoms with Crippen molar-refractivity contribution in [3.8, 4) is 11.8 Å². The Bertz CT molecular complexity index is 741. The van der Waals surface area contributed by atoms with E-state index in [4.69, 9.17) is 28.5 Å². The second-order valence-electron chi connectivity index (χ2n) is 3.99. The molecule has 0 heterocycles. The highest BCUT2D eigenvalue weighted by atomic mass is 35.5. The summed E-state index contributed by atoms with van der Waals surface area (Å²) < 4.78 is 0. The molecule has 2 aromatic rings. The van der Waals surface area contributed by atoms with Crippen molar-refractivity contribution in [3.63, 3.8) is 0 Å². The van der Waals surface area contributed by atoms with Gasteiger partial charge in [-0.05, 0) is 24.3 Å². The van der Waals surface area contributed by atoms with Gasteiger partial charge in [0.1, 0.15) is 6.07 Å². The molecule has 0 bridgehead atoms. The van der Waals surface area contributed by atoms with Gasteiger partial charge in [0.05, 0.1) is 27.0 Å². The van der Waals surface area contributed by atoms with Crippen LogP contribution in [0.1, 0.15) is 5.56 Å². The van der Waals surface area contributed by atoms with Crippen molar-refractivity contribution < 1.29 is 9.90 Å². The van der Waals surface area contributed by atoms with Crippen molar-refractivity contribution in [2.75, 3.05) is 10.6 Å². The highest BCUT2D eigenvalue weighted by Crippen LogP contribution is 2.30. The van der Waals surface area contributed by atoms with Crippen molar-refractivity contribution in [1.29, 1.82) is 5.26 Å². The number of carbonyl (C=O) groups excluding carboxylic acids is 1. The second-order valence-corrected chi connectivity index (χ2v) is 4.78. The largest absolute Gasteiger partial charge is 0.504 e. The Labute approximate surface area is 130 Å². The minimum absolute atomic E-state index is 0.0635. The Morgan fingerprint density at radius 2 is 1.71 bits per heavy atom. The van der Waals surface area contributed by atoms with Gasteiger partial charge in [-0.1, -0.05) is 35.3 Å². The number of phenolic OH excluding ortho intramolecular Hbond substituents is 1. The van der Waals surface area contributed by atoms with E-state index in [9.17, 15) is 9.90 Å². The zero-order chi connectivity index (χ0) is 15.4. The lowest BCUT2D eigenvalue weighted by atomic mass is 10.2. The molecule has 21 heavy (non-hydrogen) atoms. The van der Waals surface area contributed by atoms with Gasteiger partial charge in [0.2, 0.25) is 0 Å². The van der Waals surface area contributed by atoms with Crippen molar-refractivity contribution in [2.24, 2.45) is 0 Å². The number of hydrogen-bond donors (Lipinski definition) is 3. The van der Waals surface area contributed by atoms with E-state index in [0.29, 0.717) is 10.7 Å². The van der Waals surface area contributed by atoms with Crippen molar-refractivity contribution in [2.45, 2.75) is 0 Å². The highest BCUT2D eigenvalue weighted by molar-refractivity contribution is 6.44. The molecule has 0 aliphatic rings. The minimum atomic E-state index is -0.621. The van der Waals surface area contributed by atoms with Crippen molar-refractivity contribution in [1.82, 2.24) is 0 Å². The van der Waals surface area contributed by atoms with E-state index in [1.165, 1.54) is 12.1 Å². The normalized spacial score (nSPS) is 9.76. The number of urea groups is 1.